The molecule has 9 heavy (non-hydrogen) atoms. The summed E-state index contributed by atoms with van der Waals surface area (Å²) in [6, 6.07) is 0. The van der Waals surface area contributed by atoms with E-state index in [0.29, 0.717) is 6.54 Å². The highest BCUT2D eigenvalue weighted by Gasteiger charge is 1.91. The van der Waals surface area contributed by atoms with Crippen LogP contribution in [0.1, 0.15) is 5.82 Å². The van der Waals surface area contributed by atoms with Crippen molar-refractivity contribution in [1.29, 1.82) is 0 Å². The van der Waals surface area contributed by atoms with Crippen LogP contribution < -0.4 is 5.73 Å². The summed E-state index contributed by atoms with van der Waals surface area (Å²) in [5.74, 6) is 1.03. The van der Waals surface area contributed by atoms with Crippen molar-refractivity contribution in [1.82, 2.24) is 9.55 Å². The quantitative estimate of drug-likeness (QED) is 0.611. The zero-order valence-corrected chi connectivity index (χ0v) is 5.54. The minimum atomic E-state index is 0.678. The lowest BCUT2D eigenvalue weighted by atomic mass is 10.6. The summed E-state index contributed by atoms with van der Waals surface area (Å²) in [4.78, 5) is 4.04. The Balaban J connectivity index is 2.69. The summed E-state index contributed by atoms with van der Waals surface area (Å²) in [5, 5.41) is 0. The molecule has 3 nitrogen and oxygen atoms in total. The summed E-state index contributed by atoms with van der Waals surface area (Å²) in [6.07, 6.45) is 3.72. The highest BCUT2D eigenvalue weighted by Crippen LogP contribution is 1.92. The molecule has 0 saturated carbocycles. The lowest BCUT2D eigenvalue weighted by Crippen LogP contribution is -2.09. The van der Waals surface area contributed by atoms with Gasteiger partial charge in [0.1, 0.15) is 5.82 Å². The SMILES string of the molecule is Cc1nccn1CCN. The molecule has 1 rings (SSSR count). The van der Waals surface area contributed by atoms with Crippen LogP contribution >= 0.6 is 0 Å². The van der Waals surface area contributed by atoms with Crippen LogP contribution in [0.25, 0.3) is 0 Å². The molecule has 1 aromatic rings. The predicted octanol–water partition coefficient (Wildman–Crippen LogP) is 0.150. The van der Waals surface area contributed by atoms with E-state index < -0.39 is 0 Å². The first-order valence-electron chi connectivity index (χ1n) is 3.02. The Bertz CT molecular complexity index is 180. The van der Waals surface area contributed by atoms with Gasteiger partial charge in [0.25, 0.3) is 0 Å². The van der Waals surface area contributed by atoms with E-state index in [2.05, 4.69) is 4.98 Å². The fourth-order valence-electron chi connectivity index (χ4n) is 0.779. The van der Waals surface area contributed by atoms with Crippen LogP contribution in [0.15, 0.2) is 12.4 Å². The number of imidazole rings is 1. The molecular weight excluding hydrogens is 114 g/mol. The van der Waals surface area contributed by atoms with Crippen LogP contribution in [0.2, 0.25) is 0 Å². The minimum absolute atomic E-state index is 0.678. The van der Waals surface area contributed by atoms with E-state index in [-0.39, 0.29) is 0 Å². The van der Waals surface area contributed by atoms with E-state index in [1.807, 2.05) is 17.7 Å². The maximum Gasteiger partial charge on any atom is 0.105 e. The predicted molar refractivity (Wildman–Crippen MR) is 36.0 cm³/mol. The van der Waals surface area contributed by atoms with Gasteiger partial charge in [0, 0.05) is 25.5 Å². The smallest absolute Gasteiger partial charge is 0.105 e. The summed E-state index contributed by atoms with van der Waals surface area (Å²) in [7, 11) is 0. The largest absolute Gasteiger partial charge is 0.334 e. The molecule has 1 aromatic heterocycles. The lowest BCUT2D eigenvalue weighted by Gasteiger charge is -1.99. The number of rotatable bonds is 2. The highest BCUT2D eigenvalue weighted by molar-refractivity contribution is 4.87. The summed E-state index contributed by atoms with van der Waals surface area (Å²) < 4.78 is 2.03. The van der Waals surface area contributed by atoms with Gasteiger partial charge in [-0.1, -0.05) is 0 Å². The summed E-state index contributed by atoms with van der Waals surface area (Å²) in [6.45, 7) is 3.51. The molecule has 2 N–H and O–H groups in total. The van der Waals surface area contributed by atoms with Crippen LogP contribution in [-0.2, 0) is 6.54 Å². The van der Waals surface area contributed by atoms with Gasteiger partial charge in [-0.05, 0) is 6.92 Å². The van der Waals surface area contributed by atoms with E-state index in [4.69, 9.17) is 5.73 Å². The molecule has 0 aliphatic rings. The zero-order chi connectivity index (χ0) is 6.69. The fraction of sp³-hybridized carbons (Fsp3) is 0.500. The van der Waals surface area contributed by atoms with Gasteiger partial charge >= 0.3 is 0 Å². The molecule has 0 aliphatic carbocycles. The maximum absolute atomic E-state index is 5.34. The Kier molecular flexibility index (Phi) is 1.85. The van der Waals surface area contributed by atoms with E-state index in [9.17, 15) is 0 Å². The van der Waals surface area contributed by atoms with E-state index in [1.54, 1.807) is 6.20 Å². The van der Waals surface area contributed by atoms with Crippen molar-refractivity contribution in [2.45, 2.75) is 13.5 Å². The molecule has 0 fully saturated rings. The van der Waals surface area contributed by atoms with Crippen LogP contribution in [0.5, 0.6) is 0 Å². The first kappa shape index (κ1) is 6.29. The van der Waals surface area contributed by atoms with Crippen LogP contribution in [0, 0.1) is 6.92 Å². The molecule has 0 atom stereocenters. The third kappa shape index (κ3) is 1.29. The van der Waals surface area contributed by atoms with E-state index >= 15 is 0 Å². The molecule has 3 heteroatoms. The van der Waals surface area contributed by atoms with Gasteiger partial charge in [0.2, 0.25) is 0 Å². The number of aryl methyl sites for hydroxylation is 1. The van der Waals surface area contributed by atoms with Crippen molar-refractivity contribution in [3.05, 3.63) is 18.2 Å². The molecule has 50 valence electrons. The molecule has 0 spiro atoms. The number of hydrogen-bond acceptors (Lipinski definition) is 2. The number of hydrogen-bond donors (Lipinski definition) is 1. The Hall–Kier alpha value is -0.830. The summed E-state index contributed by atoms with van der Waals surface area (Å²) in [5.41, 5.74) is 5.34. The zero-order valence-electron chi connectivity index (χ0n) is 5.54. The van der Waals surface area contributed by atoms with E-state index in [0.717, 1.165) is 12.4 Å². The molecule has 0 unspecified atom stereocenters. The average molecular weight is 125 g/mol. The van der Waals surface area contributed by atoms with Crippen molar-refractivity contribution in [3.8, 4) is 0 Å². The third-order valence-corrected chi connectivity index (χ3v) is 1.29. The summed E-state index contributed by atoms with van der Waals surface area (Å²) >= 11 is 0. The standard InChI is InChI=1S/C6H11N3/c1-6-8-3-5-9(6)4-2-7/h3,5H,2,4,7H2,1H3. The van der Waals surface area contributed by atoms with Gasteiger partial charge in [-0.3, -0.25) is 0 Å². The van der Waals surface area contributed by atoms with Crippen molar-refractivity contribution in [2.75, 3.05) is 6.54 Å². The maximum atomic E-state index is 5.34. The monoisotopic (exact) mass is 125 g/mol. The fourth-order valence-corrected chi connectivity index (χ4v) is 0.779. The molecule has 0 radical (unpaired) electrons. The van der Waals surface area contributed by atoms with Gasteiger partial charge in [0.15, 0.2) is 0 Å². The second-order valence-corrected chi connectivity index (χ2v) is 1.96. The van der Waals surface area contributed by atoms with Crippen molar-refractivity contribution < 1.29 is 0 Å². The van der Waals surface area contributed by atoms with E-state index in [1.165, 1.54) is 0 Å². The van der Waals surface area contributed by atoms with Crippen molar-refractivity contribution >= 4 is 0 Å². The second kappa shape index (κ2) is 2.64. The average Bonchev–Trinajstić information content (AvgIpc) is 2.18. The highest BCUT2D eigenvalue weighted by atomic mass is 15.1. The van der Waals surface area contributed by atoms with Crippen LogP contribution in [-0.4, -0.2) is 16.1 Å². The molecule has 0 bridgehead atoms. The van der Waals surface area contributed by atoms with Gasteiger partial charge < -0.3 is 10.3 Å². The Morgan fingerprint density at radius 2 is 2.56 bits per heavy atom. The minimum Gasteiger partial charge on any atom is -0.334 e. The lowest BCUT2D eigenvalue weighted by molar-refractivity contribution is 0.684. The number of nitrogens with two attached hydrogens (primary N) is 1. The molecule has 0 amide bonds. The first-order valence-corrected chi connectivity index (χ1v) is 3.02. The van der Waals surface area contributed by atoms with Gasteiger partial charge in [-0.15, -0.1) is 0 Å². The third-order valence-electron chi connectivity index (χ3n) is 1.29. The van der Waals surface area contributed by atoms with Crippen LogP contribution in [0.3, 0.4) is 0 Å². The first-order chi connectivity index (χ1) is 4.34. The number of nitrogens with zero attached hydrogens (tertiary/aromatic N) is 2. The molecule has 0 aliphatic heterocycles. The molecular formula is C6H11N3. The number of aromatic nitrogens is 2. The molecule has 0 saturated heterocycles. The van der Waals surface area contributed by atoms with Crippen LogP contribution in [0.4, 0.5) is 0 Å². The topological polar surface area (TPSA) is 43.8 Å². The van der Waals surface area contributed by atoms with Gasteiger partial charge in [-0.25, -0.2) is 4.98 Å². The molecule has 0 aromatic carbocycles. The molecule has 1 heterocycles. The second-order valence-electron chi connectivity index (χ2n) is 1.96. The van der Waals surface area contributed by atoms with Crippen molar-refractivity contribution in [3.63, 3.8) is 0 Å². The van der Waals surface area contributed by atoms with Crippen molar-refractivity contribution in [2.24, 2.45) is 5.73 Å². The Morgan fingerprint density at radius 1 is 1.78 bits per heavy atom. The Morgan fingerprint density at radius 3 is 3.00 bits per heavy atom. The normalized spacial score (nSPS) is 10.0. The Labute approximate surface area is 54.5 Å². The van der Waals surface area contributed by atoms with Gasteiger partial charge in [-0.2, -0.15) is 0 Å². The van der Waals surface area contributed by atoms with Gasteiger partial charge in [0.05, 0.1) is 0 Å².